The monoisotopic (exact) mass is 312 g/mol. The zero-order valence-electron chi connectivity index (χ0n) is 13.3. The Labute approximate surface area is 140 Å². The van der Waals surface area contributed by atoms with E-state index in [0.717, 1.165) is 39.4 Å². The lowest BCUT2D eigenvalue weighted by Gasteiger charge is -2.09. The fourth-order valence-electron chi connectivity index (χ4n) is 2.83. The Bertz CT molecular complexity index is 1040. The summed E-state index contributed by atoms with van der Waals surface area (Å²) in [6, 6.07) is 18.1. The number of para-hydroxylation sites is 1. The van der Waals surface area contributed by atoms with E-state index in [9.17, 15) is 0 Å². The highest BCUT2D eigenvalue weighted by Gasteiger charge is 2.14. The van der Waals surface area contributed by atoms with E-state index in [2.05, 4.69) is 27.7 Å². The van der Waals surface area contributed by atoms with Gasteiger partial charge < -0.3 is 0 Å². The second kappa shape index (κ2) is 5.74. The fourth-order valence-corrected chi connectivity index (χ4v) is 2.83. The van der Waals surface area contributed by atoms with Crippen LogP contribution in [0.25, 0.3) is 34.1 Å². The summed E-state index contributed by atoms with van der Waals surface area (Å²) in [6.45, 7) is 5.82. The van der Waals surface area contributed by atoms with Crippen molar-refractivity contribution in [3.05, 3.63) is 78.8 Å². The van der Waals surface area contributed by atoms with Crippen LogP contribution in [0.2, 0.25) is 0 Å². The minimum absolute atomic E-state index is 0.791. The van der Waals surface area contributed by atoms with E-state index in [1.54, 1.807) is 6.08 Å². The standard InChI is InChI=1S/C20H16N4/c1-3-15-13-19(24(23-15)20-10-6-7-14(2)22-20)17-11-12-21-18-9-5-4-8-16(17)18/h3-13H,1H2,2H3. The smallest absolute Gasteiger partial charge is 0.154 e. The molecular formula is C20H16N4. The van der Waals surface area contributed by atoms with Gasteiger partial charge in [0.25, 0.3) is 0 Å². The highest BCUT2D eigenvalue weighted by molar-refractivity contribution is 5.93. The van der Waals surface area contributed by atoms with Gasteiger partial charge in [0.15, 0.2) is 5.82 Å². The maximum Gasteiger partial charge on any atom is 0.154 e. The molecule has 0 radical (unpaired) electrons. The van der Waals surface area contributed by atoms with Crippen LogP contribution in [0.4, 0.5) is 0 Å². The predicted octanol–water partition coefficient (Wildman–Crippen LogP) is 4.43. The van der Waals surface area contributed by atoms with E-state index in [-0.39, 0.29) is 0 Å². The summed E-state index contributed by atoms with van der Waals surface area (Å²) in [5.74, 6) is 0.791. The van der Waals surface area contributed by atoms with Crippen molar-refractivity contribution in [2.24, 2.45) is 0 Å². The van der Waals surface area contributed by atoms with E-state index in [1.807, 2.05) is 66.3 Å². The van der Waals surface area contributed by atoms with Gasteiger partial charge in [-0.3, -0.25) is 4.98 Å². The Morgan fingerprint density at radius 1 is 1.04 bits per heavy atom. The molecule has 0 bridgehead atoms. The van der Waals surface area contributed by atoms with Crippen LogP contribution in [0, 0.1) is 6.92 Å². The first-order chi connectivity index (χ1) is 11.8. The van der Waals surface area contributed by atoms with Crippen molar-refractivity contribution in [2.75, 3.05) is 0 Å². The van der Waals surface area contributed by atoms with Crippen molar-refractivity contribution in [2.45, 2.75) is 6.92 Å². The molecule has 1 aromatic carbocycles. The molecule has 4 nitrogen and oxygen atoms in total. The fraction of sp³-hybridized carbons (Fsp3) is 0.0500. The molecule has 0 aliphatic carbocycles. The van der Waals surface area contributed by atoms with Crippen LogP contribution in [0.3, 0.4) is 0 Å². The number of rotatable bonds is 3. The van der Waals surface area contributed by atoms with E-state index >= 15 is 0 Å². The number of hydrogen-bond acceptors (Lipinski definition) is 3. The number of benzene rings is 1. The van der Waals surface area contributed by atoms with Crippen LogP contribution in [0.1, 0.15) is 11.4 Å². The third-order valence-corrected chi connectivity index (χ3v) is 3.95. The van der Waals surface area contributed by atoms with Crippen molar-refractivity contribution in [3.8, 4) is 17.1 Å². The van der Waals surface area contributed by atoms with Gasteiger partial charge in [-0.2, -0.15) is 5.10 Å². The summed E-state index contributed by atoms with van der Waals surface area (Å²) in [7, 11) is 0. The molecule has 0 spiro atoms. The number of fused-ring (bicyclic) bond motifs is 1. The zero-order chi connectivity index (χ0) is 16.5. The van der Waals surface area contributed by atoms with Gasteiger partial charge in [0.2, 0.25) is 0 Å². The van der Waals surface area contributed by atoms with Gasteiger partial charge in [-0.15, -0.1) is 0 Å². The van der Waals surface area contributed by atoms with Crippen molar-refractivity contribution in [1.29, 1.82) is 0 Å². The molecule has 116 valence electrons. The molecule has 0 amide bonds. The van der Waals surface area contributed by atoms with Crippen LogP contribution in [0.5, 0.6) is 0 Å². The van der Waals surface area contributed by atoms with Gasteiger partial charge in [-0.1, -0.05) is 30.8 Å². The molecule has 3 heterocycles. The topological polar surface area (TPSA) is 43.6 Å². The summed E-state index contributed by atoms with van der Waals surface area (Å²) in [6.07, 6.45) is 3.57. The summed E-state index contributed by atoms with van der Waals surface area (Å²) < 4.78 is 1.87. The van der Waals surface area contributed by atoms with Crippen molar-refractivity contribution < 1.29 is 0 Å². The molecule has 4 heteroatoms. The van der Waals surface area contributed by atoms with Crippen LogP contribution in [0.15, 0.2) is 67.4 Å². The molecule has 0 aliphatic rings. The van der Waals surface area contributed by atoms with Crippen molar-refractivity contribution in [3.63, 3.8) is 0 Å². The zero-order valence-corrected chi connectivity index (χ0v) is 13.3. The minimum atomic E-state index is 0.791. The van der Waals surface area contributed by atoms with Crippen LogP contribution < -0.4 is 0 Å². The first kappa shape index (κ1) is 14.3. The minimum Gasteiger partial charge on any atom is -0.256 e. The van der Waals surface area contributed by atoms with Gasteiger partial charge in [0.05, 0.1) is 16.9 Å². The molecule has 0 unspecified atom stereocenters. The quantitative estimate of drug-likeness (QED) is 0.562. The normalized spacial score (nSPS) is 10.9. The third-order valence-electron chi connectivity index (χ3n) is 3.95. The summed E-state index contributed by atoms with van der Waals surface area (Å²) in [5, 5.41) is 5.73. The maximum atomic E-state index is 4.64. The molecule has 0 saturated carbocycles. The first-order valence-corrected chi connectivity index (χ1v) is 7.77. The van der Waals surface area contributed by atoms with Crippen molar-refractivity contribution in [1.82, 2.24) is 19.7 Å². The van der Waals surface area contributed by atoms with E-state index in [0.29, 0.717) is 0 Å². The number of nitrogens with zero attached hydrogens (tertiary/aromatic N) is 4. The molecule has 0 aliphatic heterocycles. The molecule has 0 saturated heterocycles. The largest absolute Gasteiger partial charge is 0.256 e. The highest BCUT2D eigenvalue weighted by atomic mass is 15.3. The Kier molecular flexibility index (Phi) is 3.43. The summed E-state index contributed by atoms with van der Waals surface area (Å²) in [4.78, 5) is 9.05. The number of aromatic nitrogens is 4. The van der Waals surface area contributed by atoms with Gasteiger partial charge in [-0.25, -0.2) is 9.67 Å². The third kappa shape index (κ3) is 2.38. The van der Waals surface area contributed by atoms with E-state index in [1.165, 1.54) is 0 Å². The maximum absolute atomic E-state index is 4.64. The summed E-state index contributed by atoms with van der Waals surface area (Å²) >= 11 is 0. The van der Waals surface area contributed by atoms with Gasteiger partial charge in [0.1, 0.15) is 0 Å². The molecule has 3 aromatic heterocycles. The van der Waals surface area contributed by atoms with Crippen LogP contribution in [-0.4, -0.2) is 19.7 Å². The molecular weight excluding hydrogens is 296 g/mol. The van der Waals surface area contributed by atoms with E-state index < -0.39 is 0 Å². The second-order valence-corrected chi connectivity index (χ2v) is 5.58. The van der Waals surface area contributed by atoms with Gasteiger partial charge in [0, 0.05) is 22.8 Å². The SMILES string of the molecule is C=Cc1cc(-c2ccnc3ccccc23)n(-c2cccc(C)n2)n1. The van der Waals surface area contributed by atoms with Gasteiger partial charge >= 0.3 is 0 Å². The molecule has 4 aromatic rings. The number of pyridine rings is 2. The average molecular weight is 312 g/mol. The molecule has 4 rings (SSSR count). The lowest BCUT2D eigenvalue weighted by Crippen LogP contribution is -2.03. The first-order valence-electron chi connectivity index (χ1n) is 7.77. The second-order valence-electron chi connectivity index (χ2n) is 5.58. The molecule has 24 heavy (non-hydrogen) atoms. The Morgan fingerprint density at radius 3 is 2.75 bits per heavy atom. The Morgan fingerprint density at radius 2 is 1.92 bits per heavy atom. The predicted molar refractivity (Wildman–Crippen MR) is 96.9 cm³/mol. The number of aryl methyl sites for hydroxylation is 1. The van der Waals surface area contributed by atoms with Crippen LogP contribution >= 0.6 is 0 Å². The lowest BCUT2D eigenvalue weighted by molar-refractivity contribution is 0.844. The average Bonchev–Trinajstić information content (AvgIpc) is 3.05. The highest BCUT2D eigenvalue weighted by Crippen LogP contribution is 2.29. The van der Waals surface area contributed by atoms with E-state index in [4.69, 9.17) is 0 Å². The molecule has 0 atom stereocenters. The molecule has 0 fully saturated rings. The van der Waals surface area contributed by atoms with Gasteiger partial charge in [-0.05, 0) is 43.3 Å². The Balaban J connectivity index is 2.01. The molecule has 0 N–H and O–H groups in total. The Hall–Kier alpha value is -3.27. The number of hydrogen-bond donors (Lipinski definition) is 0. The van der Waals surface area contributed by atoms with Crippen LogP contribution in [-0.2, 0) is 0 Å². The van der Waals surface area contributed by atoms with Crippen molar-refractivity contribution >= 4 is 17.0 Å². The summed E-state index contributed by atoms with van der Waals surface area (Å²) in [5.41, 5.74) is 4.77. The lowest BCUT2D eigenvalue weighted by atomic mass is 10.1.